The highest BCUT2D eigenvalue weighted by Crippen LogP contribution is 2.46. The maximum absolute atomic E-state index is 11.1. The van der Waals surface area contributed by atoms with Crippen LogP contribution in [-0.2, 0) is 6.42 Å². The van der Waals surface area contributed by atoms with E-state index in [1.807, 2.05) is 11.3 Å². The highest BCUT2D eigenvalue weighted by molar-refractivity contribution is 7.09. The molecule has 1 fully saturated rings. The molecule has 1 heterocycles. The number of hydrogen-bond acceptors (Lipinski definition) is 2. The van der Waals surface area contributed by atoms with Gasteiger partial charge in [0.1, 0.15) is 0 Å². The summed E-state index contributed by atoms with van der Waals surface area (Å²) in [5, 5.41) is 13.2. The largest absolute Gasteiger partial charge is 0.390 e. The van der Waals surface area contributed by atoms with Crippen molar-refractivity contribution in [2.24, 2.45) is 11.3 Å². The average Bonchev–Trinajstić information content (AvgIpc) is 2.78. The molecular formula is C16H26OS. The van der Waals surface area contributed by atoms with E-state index in [1.54, 1.807) is 0 Å². The highest BCUT2D eigenvalue weighted by Gasteiger charge is 2.44. The fraction of sp³-hybridized carbons (Fsp3) is 0.750. The molecule has 0 bridgehead atoms. The van der Waals surface area contributed by atoms with E-state index in [-0.39, 0.29) is 5.41 Å². The molecule has 1 aliphatic rings. The van der Waals surface area contributed by atoms with Crippen molar-refractivity contribution in [2.45, 2.75) is 64.9 Å². The lowest BCUT2D eigenvalue weighted by atomic mass is 9.62. The fourth-order valence-electron chi connectivity index (χ4n) is 3.56. The Kier molecular flexibility index (Phi) is 4.18. The fourth-order valence-corrected chi connectivity index (χ4v) is 4.26. The van der Waals surface area contributed by atoms with Crippen LogP contribution in [0.15, 0.2) is 17.5 Å². The van der Waals surface area contributed by atoms with Crippen LogP contribution < -0.4 is 0 Å². The summed E-state index contributed by atoms with van der Waals surface area (Å²) in [5.41, 5.74) is -0.231. The number of aryl methyl sites for hydroxylation is 1. The summed E-state index contributed by atoms with van der Waals surface area (Å²) in [6.07, 6.45) is 6.59. The first-order valence-corrected chi connectivity index (χ1v) is 8.04. The quantitative estimate of drug-likeness (QED) is 0.844. The number of rotatable bonds is 3. The first-order valence-electron chi connectivity index (χ1n) is 7.17. The average molecular weight is 266 g/mol. The lowest BCUT2D eigenvalue weighted by Gasteiger charge is -2.47. The zero-order valence-electron chi connectivity index (χ0n) is 11.9. The van der Waals surface area contributed by atoms with Crippen LogP contribution in [0.25, 0.3) is 0 Å². The molecule has 0 amide bonds. The van der Waals surface area contributed by atoms with Crippen LogP contribution in [0, 0.1) is 11.3 Å². The van der Waals surface area contributed by atoms with Gasteiger partial charge in [0.25, 0.3) is 0 Å². The molecule has 2 unspecified atom stereocenters. The van der Waals surface area contributed by atoms with Crippen molar-refractivity contribution in [3.05, 3.63) is 22.4 Å². The Morgan fingerprint density at radius 1 is 1.39 bits per heavy atom. The highest BCUT2D eigenvalue weighted by atomic mass is 32.1. The Labute approximate surface area is 115 Å². The molecule has 1 aliphatic carbocycles. The molecule has 0 radical (unpaired) electrons. The van der Waals surface area contributed by atoms with E-state index >= 15 is 0 Å². The maximum Gasteiger partial charge on any atom is 0.0684 e. The van der Waals surface area contributed by atoms with Gasteiger partial charge in [-0.25, -0.2) is 0 Å². The number of aliphatic hydroxyl groups is 1. The summed E-state index contributed by atoms with van der Waals surface area (Å²) in [5.74, 6) is 0.443. The monoisotopic (exact) mass is 266 g/mol. The van der Waals surface area contributed by atoms with Crippen molar-refractivity contribution in [1.29, 1.82) is 0 Å². The molecule has 0 saturated heterocycles. The molecule has 0 aliphatic heterocycles. The Morgan fingerprint density at radius 3 is 2.78 bits per heavy atom. The van der Waals surface area contributed by atoms with Crippen LogP contribution in [0.4, 0.5) is 0 Å². The Balaban J connectivity index is 2.05. The van der Waals surface area contributed by atoms with Gasteiger partial charge in [0.05, 0.1) is 5.60 Å². The van der Waals surface area contributed by atoms with Gasteiger partial charge in [0.15, 0.2) is 0 Å². The second-order valence-electron chi connectivity index (χ2n) is 6.85. The van der Waals surface area contributed by atoms with Gasteiger partial charge in [0.2, 0.25) is 0 Å². The topological polar surface area (TPSA) is 20.2 Å². The summed E-state index contributed by atoms with van der Waals surface area (Å²) in [4.78, 5) is 1.40. The van der Waals surface area contributed by atoms with Crippen LogP contribution in [0.3, 0.4) is 0 Å². The van der Waals surface area contributed by atoms with Crippen molar-refractivity contribution in [3.63, 3.8) is 0 Å². The van der Waals surface area contributed by atoms with E-state index in [9.17, 15) is 5.11 Å². The molecule has 0 spiro atoms. The molecule has 2 rings (SSSR count). The third-order valence-corrected chi connectivity index (χ3v) is 5.37. The van der Waals surface area contributed by atoms with E-state index in [0.717, 1.165) is 19.3 Å². The van der Waals surface area contributed by atoms with Crippen molar-refractivity contribution in [3.8, 4) is 0 Å². The summed E-state index contributed by atoms with van der Waals surface area (Å²) in [6.45, 7) is 6.83. The van der Waals surface area contributed by atoms with Gasteiger partial charge in [-0.3, -0.25) is 0 Å². The van der Waals surface area contributed by atoms with Gasteiger partial charge in [-0.1, -0.05) is 39.7 Å². The standard InChI is InChI=1S/C16H26OS/c1-15(2,3)14-8-4-5-10-16(14,17)11-9-13-7-6-12-18-13/h6-7,12,14,17H,4-5,8-11H2,1-3H3. The normalized spacial score (nSPS) is 29.4. The van der Waals surface area contributed by atoms with Crippen LogP contribution in [0.2, 0.25) is 0 Å². The third kappa shape index (κ3) is 3.16. The van der Waals surface area contributed by atoms with E-state index in [4.69, 9.17) is 0 Å². The second-order valence-corrected chi connectivity index (χ2v) is 7.88. The van der Waals surface area contributed by atoms with Crippen LogP contribution >= 0.6 is 11.3 Å². The van der Waals surface area contributed by atoms with Gasteiger partial charge >= 0.3 is 0 Å². The number of thiophene rings is 1. The molecule has 102 valence electrons. The van der Waals surface area contributed by atoms with E-state index < -0.39 is 5.60 Å². The Morgan fingerprint density at radius 2 is 2.17 bits per heavy atom. The first kappa shape index (κ1) is 14.1. The van der Waals surface area contributed by atoms with Crippen LogP contribution in [-0.4, -0.2) is 10.7 Å². The molecule has 2 heteroatoms. The predicted molar refractivity (Wildman–Crippen MR) is 79.0 cm³/mol. The van der Waals surface area contributed by atoms with Gasteiger partial charge in [-0.2, -0.15) is 0 Å². The molecule has 1 nitrogen and oxygen atoms in total. The van der Waals surface area contributed by atoms with Gasteiger partial charge in [0, 0.05) is 4.88 Å². The smallest absolute Gasteiger partial charge is 0.0684 e. The maximum atomic E-state index is 11.1. The van der Waals surface area contributed by atoms with Gasteiger partial charge < -0.3 is 5.11 Å². The predicted octanol–water partition coefficient (Wildman–Crippen LogP) is 4.65. The first-order chi connectivity index (χ1) is 8.42. The van der Waals surface area contributed by atoms with Gasteiger partial charge in [-0.05, 0) is 48.5 Å². The van der Waals surface area contributed by atoms with E-state index in [0.29, 0.717) is 5.92 Å². The second kappa shape index (κ2) is 5.34. The molecule has 1 aromatic rings. The molecule has 1 saturated carbocycles. The van der Waals surface area contributed by atoms with Crippen molar-refractivity contribution < 1.29 is 5.11 Å². The van der Waals surface area contributed by atoms with Gasteiger partial charge in [-0.15, -0.1) is 11.3 Å². The minimum absolute atomic E-state index is 0.213. The third-order valence-electron chi connectivity index (χ3n) is 4.43. The van der Waals surface area contributed by atoms with Crippen molar-refractivity contribution in [2.75, 3.05) is 0 Å². The zero-order valence-corrected chi connectivity index (χ0v) is 12.7. The Hall–Kier alpha value is -0.340. The summed E-state index contributed by atoms with van der Waals surface area (Å²) >= 11 is 1.81. The summed E-state index contributed by atoms with van der Waals surface area (Å²) in [6, 6.07) is 4.29. The van der Waals surface area contributed by atoms with E-state index in [1.165, 1.54) is 24.1 Å². The molecule has 0 aromatic carbocycles. The van der Waals surface area contributed by atoms with Crippen molar-refractivity contribution in [1.82, 2.24) is 0 Å². The molecule has 2 atom stereocenters. The molecule has 1 aromatic heterocycles. The minimum Gasteiger partial charge on any atom is -0.390 e. The van der Waals surface area contributed by atoms with Crippen LogP contribution in [0.5, 0.6) is 0 Å². The summed E-state index contributed by atoms with van der Waals surface area (Å²) in [7, 11) is 0. The van der Waals surface area contributed by atoms with E-state index in [2.05, 4.69) is 38.3 Å². The Bertz CT molecular complexity index is 363. The minimum atomic E-state index is -0.444. The van der Waals surface area contributed by atoms with Crippen LogP contribution in [0.1, 0.15) is 57.8 Å². The lowest BCUT2D eigenvalue weighted by Crippen LogP contribution is -2.47. The lowest BCUT2D eigenvalue weighted by molar-refractivity contribution is -0.0944. The molecule has 1 N–H and O–H groups in total. The SMILES string of the molecule is CC(C)(C)C1CCCCC1(O)CCc1cccs1. The zero-order chi connectivity index (χ0) is 13.2. The molecular weight excluding hydrogens is 240 g/mol. The molecule has 18 heavy (non-hydrogen) atoms. The number of hydrogen-bond donors (Lipinski definition) is 1. The summed E-state index contributed by atoms with van der Waals surface area (Å²) < 4.78 is 0. The van der Waals surface area contributed by atoms with Crippen molar-refractivity contribution >= 4 is 11.3 Å².